The maximum atomic E-state index is 4.71. The molecule has 5 aliphatic carbocycles. The van der Waals surface area contributed by atoms with E-state index >= 15 is 0 Å². The van der Waals surface area contributed by atoms with Crippen LogP contribution in [-0.4, -0.2) is 4.98 Å². The molecule has 324 valence electrons. The number of anilines is 6. The summed E-state index contributed by atoms with van der Waals surface area (Å²) in [6.07, 6.45) is 10.8. The lowest BCUT2D eigenvalue weighted by molar-refractivity contribution is -0.0399. The summed E-state index contributed by atoms with van der Waals surface area (Å²) in [7, 11) is 0. The third-order valence-corrected chi connectivity index (χ3v) is 17.0. The van der Waals surface area contributed by atoms with E-state index < -0.39 is 0 Å². The fourth-order valence-electron chi connectivity index (χ4n) is 14.7. The Morgan fingerprint density at radius 1 is 0.397 bits per heavy atom. The first-order valence-electron chi connectivity index (χ1n) is 24.8. The van der Waals surface area contributed by atoms with Crippen LogP contribution in [0.2, 0.25) is 0 Å². The highest BCUT2D eigenvalue weighted by molar-refractivity contribution is 6.28. The Balaban J connectivity index is 0.970. The van der Waals surface area contributed by atoms with Crippen molar-refractivity contribution in [1.29, 1.82) is 0 Å². The van der Waals surface area contributed by atoms with Gasteiger partial charge in [-0.25, -0.2) is 0 Å². The first-order valence-corrected chi connectivity index (χ1v) is 24.8. The number of rotatable bonds is 7. The number of nitrogens with zero attached hydrogens (tertiary/aromatic N) is 3. The van der Waals surface area contributed by atoms with Crippen molar-refractivity contribution in [1.82, 2.24) is 4.98 Å². The molecule has 0 atom stereocenters. The zero-order valence-corrected chi connectivity index (χ0v) is 37.9. The third-order valence-electron chi connectivity index (χ3n) is 17.0. The standard InChI is InChI=1S/C65H49N3/c1-3-13-43(14-4-1)47-38-46-15-7-8-19-52(46)61(39-47)68(51-18-12-32-66-40-51)59-31-27-45-24-28-54-58(30-26-44-25-29-55(59)63(45)62(44)54)67(50-16-5-2-6-17-50)60-23-11-22-57-64(60)53-20-9-10-21-56(53)65(57)48-34-41-33-42(36-48)37-49(65)35-41/h1-32,38-42,48-49H,33-37H2. The lowest BCUT2D eigenvalue weighted by atomic mass is 9.43. The first-order chi connectivity index (χ1) is 33.7. The fraction of sp³-hybridized carbons (Fsp3) is 0.154. The van der Waals surface area contributed by atoms with Crippen molar-refractivity contribution in [2.45, 2.75) is 37.5 Å². The zero-order valence-electron chi connectivity index (χ0n) is 37.9. The molecule has 4 bridgehead atoms. The average molecular weight is 872 g/mol. The van der Waals surface area contributed by atoms with Gasteiger partial charge in [0.05, 0.1) is 34.6 Å². The molecular weight excluding hydrogens is 823 g/mol. The molecule has 4 fully saturated rings. The molecule has 1 spiro atoms. The minimum atomic E-state index is 0.0862. The lowest BCUT2D eigenvalue weighted by Crippen LogP contribution is -2.55. The van der Waals surface area contributed by atoms with Gasteiger partial charge in [-0.15, -0.1) is 0 Å². The van der Waals surface area contributed by atoms with Crippen LogP contribution < -0.4 is 9.80 Å². The largest absolute Gasteiger partial charge is 0.309 e. The molecule has 11 aromatic rings. The number of pyridine rings is 1. The Kier molecular flexibility index (Phi) is 8.25. The molecule has 16 rings (SSSR count). The summed E-state index contributed by atoms with van der Waals surface area (Å²) in [5.41, 5.74) is 15.4. The van der Waals surface area contributed by atoms with Gasteiger partial charge in [-0.1, -0.05) is 146 Å². The second-order valence-electron chi connectivity index (χ2n) is 20.3. The van der Waals surface area contributed by atoms with Gasteiger partial charge in [-0.3, -0.25) is 4.98 Å². The number of hydrogen-bond donors (Lipinski definition) is 0. The number of benzene rings is 10. The van der Waals surface area contributed by atoms with E-state index in [9.17, 15) is 0 Å². The van der Waals surface area contributed by atoms with Gasteiger partial charge < -0.3 is 9.80 Å². The number of aromatic nitrogens is 1. The Morgan fingerprint density at radius 2 is 1.00 bits per heavy atom. The van der Waals surface area contributed by atoms with Crippen molar-refractivity contribution in [2.75, 3.05) is 9.80 Å². The van der Waals surface area contributed by atoms with Crippen molar-refractivity contribution < 1.29 is 0 Å². The van der Waals surface area contributed by atoms with Crippen molar-refractivity contribution in [2.24, 2.45) is 23.7 Å². The van der Waals surface area contributed by atoms with E-state index in [0.717, 1.165) is 28.9 Å². The van der Waals surface area contributed by atoms with Crippen LogP contribution in [0.25, 0.3) is 65.3 Å². The maximum absolute atomic E-state index is 4.71. The summed E-state index contributed by atoms with van der Waals surface area (Å²) in [6.45, 7) is 0. The van der Waals surface area contributed by atoms with Crippen molar-refractivity contribution in [3.8, 4) is 22.3 Å². The molecule has 0 N–H and O–H groups in total. The van der Waals surface area contributed by atoms with Crippen molar-refractivity contribution >= 4 is 77.2 Å². The molecule has 3 heteroatoms. The van der Waals surface area contributed by atoms with Gasteiger partial charge in [-0.2, -0.15) is 0 Å². The van der Waals surface area contributed by atoms with Gasteiger partial charge in [0.2, 0.25) is 0 Å². The number of fused-ring (bicyclic) bond motifs is 4. The van der Waals surface area contributed by atoms with Crippen LogP contribution in [0, 0.1) is 23.7 Å². The summed E-state index contributed by atoms with van der Waals surface area (Å²) >= 11 is 0. The maximum Gasteiger partial charge on any atom is 0.0645 e. The minimum Gasteiger partial charge on any atom is -0.309 e. The summed E-state index contributed by atoms with van der Waals surface area (Å²) in [5, 5.41) is 9.89. The SMILES string of the molecule is c1ccc(-c2cc(N(c3cccnc3)c3ccc4ccc5c(N(c6ccccc6)c6cccc7c6-c6ccccc6C76C7CC8CC(C7)CC6C8)ccc6ccc3c4c65)c3ccccc3c2)cc1. The van der Waals surface area contributed by atoms with Gasteiger partial charge in [0, 0.05) is 39.0 Å². The summed E-state index contributed by atoms with van der Waals surface area (Å²) in [6, 6.07) is 75.3. The van der Waals surface area contributed by atoms with Gasteiger partial charge in [-0.05, 0) is 165 Å². The van der Waals surface area contributed by atoms with E-state index in [1.54, 1.807) is 11.1 Å². The van der Waals surface area contributed by atoms with E-state index in [1.807, 2.05) is 12.4 Å². The van der Waals surface area contributed by atoms with E-state index in [2.05, 4.69) is 210 Å². The van der Waals surface area contributed by atoms with Crippen LogP contribution in [0.15, 0.2) is 213 Å². The highest BCUT2D eigenvalue weighted by Gasteiger charge is 2.62. The van der Waals surface area contributed by atoms with Crippen molar-refractivity contribution in [3.63, 3.8) is 0 Å². The summed E-state index contributed by atoms with van der Waals surface area (Å²) in [4.78, 5) is 9.75. The van der Waals surface area contributed by atoms with Crippen LogP contribution in [0.1, 0.15) is 43.2 Å². The van der Waals surface area contributed by atoms with Crippen LogP contribution in [0.3, 0.4) is 0 Å². The van der Waals surface area contributed by atoms with Crippen molar-refractivity contribution in [3.05, 3.63) is 224 Å². The molecule has 0 radical (unpaired) electrons. The van der Waals surface area contributed by atoms with E-state index in [1.165, 1.54) is 115 Å². The normalized spacial score (nSPS) is 21.0. The number of para-hydroxylation sites is 1. The van der Waals surface area contributed by atoms with Gasteiger partial charge in [0.1, 0.15) is 0 Å². The highest BCUT2D eigenvalue weighted by Crippen LogP contribution is 2.70. The average Bonchev–Trinajstić information content (AvgIpc) is 3.70. The molecule has 1 aromatic heterocycles. The minimum absolute atomic E-state index is 0.0862. The highest BCUT2D eigenvalue weighted by atomic mass is 15.2. The van der Waals surface area contributed by atoms with Gasteiger partial charge in [0.25, 0.3) is 0 Å². The Labute approximate surface area is 397 Å². The molecule has 0 aliphatic heterocycles. The Hall–Kier alpha value is -7.75. The molecule has 0 unspecified atom stereocenters. The molecule has 68 heavy (non-hydrogen) atoms. The first kappa shape index (κ1) is 38.4. The molecule has 0 amide bonds. The van der Waals surface area contributed by atoms with Gasteiger partial charge >= 0.3 is 0 Å². The third kappa shape index (κ3) is 5.39. The summed E-state index contributed by atoms with van der Waals surface area (Å²) in [5.74, 6) is 3.21. The summed E-state index contributed by atoms with van der Waals surface area (Å²) < 4.78 is 0. The van der Waals surface area contributed by atoms with Crippen LogP contribution in [-0.2, 0) is 5.41 Å². The van der Waals surface area contributed by atoms with E-state index in [4.69, 9.17) is 4.98 Å². The Bertz CT molecular complexity index is 3740. The fourth-order valence-corrected chi connectivity index (χ4v) is 14.7. The van der Waals surface area contributed by atoms with E-state index in [0.29, 0.717) is 11.8 Å². The Morgan fingerprint density at radius 3 is 1.71 bits per heavy atom. The van der Waals surface area contributed by atoms with Crippen LogP contribution in [0.5, 0.6) is 0 Å². The smallest absolute Gasteiger partial charge is 0.0645 e. The number of hydrogen-bond acceptors (Lipinski definition) is 3. The zero-order chi connectivity index (χ0) is 44.5. The molecule has 1 heterocycles. The second-order valence-corrected chi connectivity index (χ2v) is 20.3. The molecule has 5 aliphatic rings. The monoisotopic (exact) mass is 871 g/mol. The van der Waals surface area contributed by atoms with Gasteiger partial charge in [0.15, 0.2) is 0 Å². The predicted molar refractivity (Wildman–Crippen MR) is 284 cm³/mol. The second kappa shape index (κ2) is 14.6. The molecule has 0 saturated heterocycles. The molecule has 3 nitrogen and oxygen atoms in total. The lowest BCUT2D eigenvalue weighted by Gasteiger charge is -2.61. The van der Waals surface area contributed by atoms with Crippen LogP contribution in [0.4, 0.5) is 34.1 Å². The quantitative estimate of drug-likeness (QED) is 0.149. The predicted octanol–water partition coefficient (Wildman–Crippen LogP) is 17.5. The molecule has 4 saturated carbocycles. The molecular formula is C65H49N3. The molecule has 10 aromatic carbocycles. The van der Waals surface area contributed by atoms with E-state index in [-0.39, 0.29) is 5.41 Å². The topological polar surface area (TPSA) is 19.4 Å². The van der Waals surface area contributed by atoms with Crippen LogP contribution >= 0.6 is 0 Å².